The minimum Gasteiger partial charge on any atom is -0.350 e. The Morgan fingerprint density at radius 3 is 2.39 bits per heavy atom. The zero-order valence-electron chi connectivity index (χ0n) is 13.8. The topological polar surface area (TPSA) is 24.5 Å². The first kappa shape index (κ1) is 14.9. The van der Waals surface area contributed by atoms with E-state index < -0.39 is 5.72 Å². The molecule has 0 saturated carbocycles. The number of benzene rings is 2. The van der Waals surface area contributed by atoms with Gasteiger partial charge in [0.05, 0.1) is 12.1 Å². The second-order valence-corrected chi connectivity index (χ2v) is 6.77. The molecule has 0 aromatic heterocycles. The highest BCUT2D eigenvalue weighted by atomic mass is 16.5. The molecule has 2 aromatic rings. The lowest BCUT2D eigenvalue weighted by Crippen LogP contribution is -2.63. The molecule has 2 aliphatic rings. The quantitative estimate of drug-likeness (QED) is 0.943. The number of hydrogen-bond donors (Lipinski definition) is 1. The van der Waals surface area contributed by atoms with Crippen LogP contribution in [-0.4, -0.2) is 29.6 Å². The fourth-order valence-corrected chi connectivity index (χ4v) is 3.98. The highest BCUT2D eigenvalue weighted by Crippen LogP contribution is 2.41. The average molecular weight is 308 g/mol. The maximum atomic E-state index is 6.49. The van der Waals surface area contributed by atoms with Crippen LogP contribution >= 0.6 is 0 Å². The molecule has 2 bridgehead atoms. The Hall–Kier alpha value is -1.68. The number of piperazine rings is 1. The van der Waals surface area contributed by atoms with Crippen molar-refractivity contribution in [2.75, 3.05) is 6.54 Å². The second kappa shape index (κ2) is 5.75. The van der Waals surface area contributed by atoms with Crippen molar-refractivity contribution in [3.8, 4) is 0 Å². The molecule has 1 N–H and O–H groups in total. The minimum absolute atomic E-state index is 0.221. The van der Waals surface area contributed by atoms with Gasteiger partial charge < -0.3 is 4.74 Å². The van der Waals surface area contributed by atoms with Crippen molar-refractivity contribution in [1.29, 1.82) is 0 Å². The van der Waals surface area contributed by atoms with Crippen molar-refractivity contribution in [1.82, 2.24) is 10.2 Å². The molecule has 3 nitrogen and oxygen atoms in total. The van der Waals surface area contributed by atoms with Gasteiger partial charge in [-0.05, 0) is 19.4 Å². The Balaban J connectivity index is 1.67. The van der Waals surface area contributed by atoms with Crippen LogP contribution in [0.3, 0.4) is 0 Å². The molecule has 3 heteroatoms. The lowest BCUT2D eigenvalue weighted by atomic mass is 9.91. The molecule has 0 radical (unpaired) electrons. The minimum atomic E-state index is -0.404. The van der Waals surface area contributed by atoms with E-state index in [1.54, 1.807) is 0 Å². The van der Waals surface area contributed by atoms with Gasteiger partial charge in [-0.25, -0.2) is 0 Å². The van der Waals surface area contributed by atoms with Crippen LogP contribution in [0.25, 0.3) is 0 Å². The van der Waals surface area contributed by atoms with E-state index >= 15 is 0 Å². The van der Waals surface area contributed by atoms with Gasteiger partial charge in [0.25, 0.3) is 0 Å². The first-order valence-corrected chi connectivity index (χ1v) is 8.48. The Kier molecular flexibility index (Phi) is 3.72. The van der Waals surface area contributed by atoms with Gasteiger partial charge >= 0.3 is 0 Å². The molecule has 23 heavy (non-hydrogen) atoms. The van der Waals surface area contributed by atoms with Gasteiger partial charge in [0.15, 0.2) is 5.72 Å². The summed E-state index contributed by atoms with van der Waals surface area (Å²) in [5.41, 5.74) is 2.18. The first-order chi connectivity index (χ1) is 11.2. The van der Waals surface area contributed by atoms with Crippen molar-refractivity contribution in [3.63, 3.8) is 0 Å². The molecule has 4 atom stereocenters. The number of fused-ring (bicyclic) bond motifs is 2. The summed E-state index contributed by atoms with van der Waals surface area (Å²) in [6, 6.07) is 21.9. The Morgan fingerprint density at radius 1 is 1.04 bits per heavy atom. The summed E-state index contributed by atoms with van der Waals surface area (Å²) in [6.07, 6.45) is 0.221. The van der Waals surface area contributed by atoms with Gasteiger partial charge in [0, 0.05) is 24.7 Å². The fraction of sp³-hybridized carbons (Fsp3) is 0.400. The van der Waals surface area contributed by atoms with Crippen LogP contribution in [0.15, 0.2) is 60.7 Å². The Morgan fingerprint density at radius 2 is 1.70 bits per heavy atom. The Labute approximate surface area is 138 Å². The van der Waals surface area contributed by atoms with E-state index in [1.807, 2.05) is 0 Å². The third-order valence-corrected chi connectivity index (χ3v) is 5.34. The third-order valence-electron chi connectivity index (χ3n) is 5.34. The summed E-state index contributed by atoms with van der Waals surface area (Å²) < 4.78 is 6.49. The predicted octanol–water partition coefficient (Wildman–Crippen LogP) is 3.12. The SMILES string of the molecule is CC1OC2(c3ccccc3)NC1CN(Cc1ccccc1)C2C. The Bertz CT molecular complexity index is 656. The standard InChI is InChI=1S/C20H24N2O/c1-15-19-14-22(13-17-9-5-3-6-10-17)16(2)20(21-19,23-15)18-11-7-4-8-12-18/h3-12,15-16,19,21H,13-14H2,1-2H3. The highest BCUT2D eigenvalue weighted by Gasteiger charge is 2.54. The smallest absolute Gasteiger partial charge is 0.161 e. The molecular weight excluding hydrogens is 284 g/mol. The molecule has 4 rings (SSSR count). The molecule has 2 aromatic carbocycles. The van der Waals surface area contributed by atoms with Crippen LogP contribution in [0.4, 0.5) is 0 Å². The van der Waals surface area contributed by atoms with Crippen molar-refractivity contribution in [2.45, 2.75) is 44.3 Å². The first-order valence-electron chi connectivity index (χ1n) is 8.48. The number of nitrogens with one attached hydrogen (secondary N) is 1. The number of ether oxygens (including phenoxy) is 1. The molecule has 120 valence electrons. The summed E-state index contributed by atoms with van der Waals surface area (Å²) >= 11 is 0. The molecule has 4 unspecified atom stereocenters. The van der Waals surface area contributed by atoms with E-state index in [1.165, 1.54) is 11.1 Å². The molecule has 2 heterocycles. The summed E-state index contributed by atoms with van der Waals surface area (Å²) in [4.78, 5) is 2.55. The fourth-order valence-electron chi connectivity index (χ4n) is 3.98. The zero-order chi connectivity index (χ0) is 15.9. The lowest BCUT2D eigenvalue weighted by Gasteiger charge is -2.46. The normalized spacial score (nSPS) is 33.7. The van der Waals surface area contributed by atoms with Gasteiger partial charge in [-0.1, -0.05) is 60.7 Å². The summed E-state index contributed by atoms with van der Waals surface area (Å²) in [6.45, 7) is 6.44. The van der Waals surface area contributed by atoms with E-state index in [0.717, 1.165) is 13.1 Å². The van der Waals surface area contributed by atoms with E-state index in [2.05, 4.69) is 84.7 Å². The van der Waals surface area contributed by atoms with Crippen LogP contribution in [0.1, 0.15) is 25.0 Å². The molecule has 0 spiro atoms. The number of hydrogen-bond acceptors (Lipinski definition) is 3. The van der Waals surface area contributed by atoms with Crippen LogP contribution in [-0.2, 0) is 17.0 Å². The van der Waals surface area contributed by atoms with Gasteiger partial charge in [-0.15, -0.1) is 0 Å². The van der Waals surface area contributed by atoms with Gasteiger partial charge in [-0.3, -0.25) is 10.2 Å². The molecule has 0 aliphatic carbocycles. The monoisotopic (exact) mass is 308 g/mol. The molecule has 0 amide bonds. The van der Waals surface area contributed by atoms with E-state index in [0.29, 0.717) is 6.04 Å². The highest BCUT2D eigenvalue weighted by molar-refractivity contribution is 5.28. The van der Waals surface area contributed by atoms with Crippen molar-refractivity contribution >= 4 is 0 Å². The molecule has 2 aliphatic heterocycles. The van der Waals surface area contributed by atoms with Crippen molar-refractivity contribution < 1.29 is 4.74 Å². The van der Waals surface area contributed by atoms with E-state index in [4.69, 9.17) is 4.74 Å². The largest absolute Gasteiger partial charge is 0.350 e. The maximum Gasteiger partial charge on any atom is 0.161 e. The van der Waals surface area contributed by atoms with Crippen LogP contribution in [0.5, 0.6) is 0 Å². The zero-order valence-corrected chi connectivity index (χ0v) is 13.8. The third kappa shape index (κ3) is 2.49. The number of nitrogens with zero attached hydrogens (tertiary/aromatic N) is 1. The van der Waals surface area contributed by atoms with E-state index in [-0.39, 0.29) is 12.1 Å². The lowest BCUT2D eigenvalue weighted by molar-refractivity contribution is -0.101. The molecule has 2 saturated heterocycles. The van der Waals surface area contributed by atoms with Crippen LogP contribution in [0.2, 0.25) is 0 Å². The predicted molar refractivity (Wildman–Crippen MR) is 91.9 cm³/mol. The average Bonchev–Trinajstić information content (AvgIpc) is 2.88. The van der Waals surface area contributed by atoms with Crippen LogP contribution < -0.4 is 5.32 Å². The van der Waals surface area contributed by atoms with Gasteiger partial charge in [-0.2, -0.15) is 0 Å². The molecular formula is C20H24N2O. The maximum absolute atomic E-state index is 6.49. The van der Waals surface area contributed by atoms with E-state index in [9.17, 15) is 0 Å². The molecule has 2 fully saturated rings. The van der Waals surface area contributed by atoms with Crippen molar-refractivity contribution in [2.24, 2.45) is 0 Å². The van der Waals surface area contributed by atoms with Crippen LogP contribution in [0, 0.1) is 0 Å². The summed E-state index contributed by atoms with van der Waals surface area (Å²) in [5.74, 6) is 0. The van der Waals surface area contributed by atoms with Gasteiger partial charge in [0.2, 0.25) is 0 Å². The van der Waals surface area contributed by atoms with Gasteiger partial charge in [0.1, 0.15) is 0 Å². The van der Waals surface area contributed by atoms with Crippen molar-refractivity contribution in [3.05, 3.63) is 71.8 Å². The second-order valence-electron chi connectivity index (χ2n) is 6.77. The number of rotatable bonds is 3. The summed E-state index contributed by atoms with van der Waals surface area (Å²) in [7, 11) is 0. The summed E-state index contributed by atoms with van der Waals surface area (Å²) in [5, 5.41) is 3.77.